The summed E-state index contributed by atoms with van der Waals surface area (Å²) in [5.74, 6) is -2.09. The second-order valence-corrected chi connectivity index (χ2v) is 5.11. The molecule has 1 rings (SSSR count). The summed E-state index contributed by atoms with van der Waals surface area (Å²) in [6.07, 6.45) is 0.366. The van der Waals surface area contributed by atoms with Gasteiger partial charge >= 0.3 is 18.0 Å². The topological polar surface area (TPSA) is 140 Å². The standard InChI is InChI=1S/C14H22N4O5/c1-5-7(3)22-12(19)9-10(13(20)23-8(4)6-2)17-18(11(9)15)14(16)21/h7-8H,5-6,15H2,1-4H3,(H2,16,21). The van der Waals surface area contributed by atoms with Gasteiger partial charge < -0.3 is 20.9 Å². The van der Waals surface area contributed by atoms with Crippen molar-refractivity contribution in [2.75, 3.05) is 5.73 Å². The van der Waals surface area contributed by atoms with Crippen LogP contribution < -0.4 is 11.5 Å². The highest BCUT2D eigenvalue weighted by Crippen LogP contribution is 2.21. The van der Waals surface area contributed by atoms with Crippen LogP contribution in [0.25, 0.3) is 0 Å². The molecule has 0 aliphatic rings. The van der Waals surface area contributed by atoms with Crippen LogP contribution in [0.3, 0.4) is 0 Å². The van der Waals surface area contributed by atoms with E-state index in [0.717, 1.165) is 0 Å². The van der Waals surface area contributed by atoms with Gasteiger partial charge in [-0.05, 0) is 26.7 Å². The van der Waals surface area contributed by atoms with Gasteiger partial charge in [0.25, 0.3) is 0 Å². The molecule has 0 fully saturated rings. The molecule has 0 saturated heterocycles. The van der Waals surface area contributed by atoms with E-state index in [1.165, 1.54) is 0 Å². The van der Waals surface area contributed by atoms with Crippen molar-refractivity contribution in [1.29, 1.82) is 0 Å². The zero-order valence-corrected chi connectivity index (χ0v) is 13.7. The number of aromatic nitrogens is 2. The number of nitrogens with zero attached hydrogens (tertiary/aromatic N) is 2. The Balaban J connectivity index is 3.27. The lowest BCUT2D eigenvalue weighted by atomic mass is 10.2. The first kappa shape index (κ1) is 18.5. The van der Waals surface area contributed by atoms with Crippen molar-refractivity contribution in [1.82, 2.24) is 9.78 Å². The van der Waals surface area contributed by atoms with E-state index in [1.807, 2.05) is 13.8 Å². The Morgan fingerprint density at radius 3 is 2.00 bits per heavy atom. The Bertz CT molecular complexity index is 611. The smallest absolute Gasteiger partial charge is 0.360 e. The van der Waals surface area contributed by atoms with Crippen LogP contribution >= 0.6 is 0 Å². The number of hydrogen-bond acceptors (Lipinski definition) is 7. The van der Waals surface area contributed by atoms with Gasteiger partial charge in [-0.2, -0.15) is 9.78 Å². The fourth-order valence-corrected chi connectivity index (χ4v) is 1.59. The molecule has 1 amide bonds. The van der Waals surface area contributed by atoms with Gasteiger partial charge in [0, 0.05) is 0 Å². The van der Waals surface area contributed by atoms with Gasteiger partial charge in [-0.1, -0.05) is 13.8 Å². The number of amides is 1. The third-order valence-electron chi connectivity index (χ3n) is 3.29. The van der Waals surface area contributed by atoms with Crippen LogP contribution in [0.2, 0.25) is 0 Å². The van der Waals surface area contributed by atoms with E-state index in [9.17, 15) is 14.4 Å². The van der Waals surface area contributed by atoms with E-state index >= 15 is 0 Å². The molecule has 9 heteroatoms. The van der Waals surface area contributed by atoms with Crippen LogP contribution in [-0.4, -0.2) is 40.0 Å². The second kappa shape index (κ2) is 7.61. The maximum absolute atomic E-state index is 12.2. The van der Waals surface area contributed by atoms with E-state index in [1.54, 1.807) is 13.8 Å². The van der Waals surface area contributed by atoms with Crippen LogP contribution in [-0.2, 0) is 9.47 Å². The number of hydrogen-bond donors (Lipinski definition) is 2. The minimum absolute atomic E-state index is 0.322. The molecule has 2 atom stereocenters. The quantitative estimate of drug-likeness (QED) is 0.751. The average molecular weight is 326 g/mol. The molecule has 0 aromatic carbocycles. The van der Waals surface area contributed by atoms with E-state index in [2.05, 4.69) is 5.10 Å². The minimum Gasteiger partial charge on any atom is -0.459 e. The third-order valence-corrected chi connectivity index (χ3v) is 3.29. The fourth-order valence-electron chi connectivity index (χ4n) is 1.59. The summed E-state index contributed by atoms with van der Waals surface area (Å²) in [6.45, 7) is 7.02. The first-order valence-electron chi connectivity index (χ1n) is 7.33. The Morgan fingerprint density at radius 2 is 1.57 bits per heavy atom. The molecule has 9 nitrogen and oxygen atoms in total. The number of nitrogen functional groups attached to an aromatic ring is 1. The maximum atomic E-state index is 12.2. The molecule has 0 aliphatic heterocycles. The van der Waals surface area contributed by atoms with Gasteiger partial charge in [-0.25, -0.2) is 14.4 Å². The summed E-state index contributed by atoms with van der Waals surface area (Å²) in [7, 11) is 0. The van der Waals surface area contributed by atoms with Crippen molar-refractivity contribution in [2.24, 2.45) is 5.73 Å². The van der Waals surface area contributed by atoms with Gasteiger partial charge in [0.1, 0.15) is 11.4 Å². The van der Waals surface area contributed by atoms with Crippen LogP contribution in [0.1, 0.15) is 61.4 Å². The number of carbonyl (C=O) groups excluding carboxylic acids is 3. The van der Waals surface area contributed by atoms with Crippen molar-refractivity contribution in [3.8, 4) is 0 Å². The summed E-state index contributed by atoms with van der Waals surface area (Å²) < 4.78 is 10.8. The number of rotatable bonds is 6. The first-order chi connectivity index (χ1) is 10.7. The minimum atomic E-state index is -1.03. The zero-order valence-electron chi connectivity index (χ0n) is 13.7. The van der Waals surface area contributed by atoms with Gasteiger partial charge in [0.15, 0.2) is 5.69 Å². The lowest BCUT2D eigenvalue weighted by molar-refractivity contribution is 0.0282. The van der Waals surface area contributed by atoms with Crippen molar-refractivity contribution in [3.63, 3.8) is 0 Å². The summed E-state index contributed by atoms with van der Waals surface area (Å²) in [4.78, 5) is 35.7. The predicted octanol–water partition coefficient (Wildman–Crippen LogP) is 1.30. The molecule has 1 aromatic heterocycles. The van der Waals surface area contributed by atoms with E-state index in [4.69, 9.17) is 20.9 Å². The molecular weight excluding hydrogens is 304 g/mol. The Kier molecular flexibility index (Phi) is 6.11. The summed E-state index contributed by atoms with van der Waals surface area (Å²) in [5.41, 5.74) is 10.1. The number of carbonyl (C=O) groups is 3. The molecule has 2 unspecified atom stereocenters. The fraction of sp³-hybridized carbons (Fsp3) is 0.571. The molecule has 0 aliphatic carbocycles. The molecule has 0 bridgehead atoms. The average Bonchev–Trinajstić information content (AvgIpc) is 2.84. The lowest BCUT2D eigenvalue weighted by Gasteiger charge is -2.12. The molecule has 0 saturated carbocycles. The molecule has 23 heavy (non-hydrogen) atoms. The molecular formula is C14H22N4O5. The Hall–Kier alpha value is -2.58. The van der Waals surface area contributed by atoms with Crippen LogP contribution in [0.15, 0.2) is 0 Å². The molecule has 0 spiro atoms. The van der Waals surface area contributed by atoms with Crippen molar-refractivity contribution < 1.29 is 23.9 Å². The van der Waals surface area contributed by atoms with Gasteiger partial charge in [0.2, 0.25) is 0 Å². The SMILES string of the molecule is CCC(C)OC(=O)c1nn(C(N)=O)c(N)c1C(=O)OC(C)CC. The number of primary amides is 1. The van der Waals surface area contributed by atoms with Crippen molar-refractivity contribution in [2.45, 2.75) is 52.7 Å². The molecule has 1 aromatic rings. The van der Waals surface area contributed by atoms with Crippen LogP contribution in [0.5, 0.6) is 0 Å². The maximum Gasteiger partial charge on any atom is 0.360 e. The van der Waals surface area contributed by atoms with E-state index in [-0.39, 0.29) is 17.5 Å². The highest BCUT2D eigenvalue weighted by molar-refractivity contribution is 6.06. The Morgan fingerprint density at radius 1 is 1.09 bits per heavy atom. The molecule has 128 valence electrons. The summed E-state index contributed by atoms with van der Waals surface area (Å²) in [6, 6.07) is -1.03. The number of nitrogens with two attached hydrogens (primary N) is 2. The molecule has 4 N–H and O–H groups in total. The van der Waals surface area contributed by atoms with Crippen LogP contribution in [0, 0.1) is 0 Å². The second-order valence-electron chi connectivity index (χ2n) is 5.11. The number of ether oxygens (including phenoxy) is 2. The number of esters is 2. The highest BCUT2D eigenvalue weighted by Gasteiger charge is 2.31. The molecule has 1 heterocycles. The normalized spacial score (nSPS) is 13.2. The summed E-state index contributed by atoms with van der Waals surface area (Å²) in [5, 5.41) is 3.69. The lowest BCUT2D eigenvalue weighted by Crippen LogP contribution is -2.23. The third kappa shape index (κ3) is 4.21. The van der Waals surface area contributed by atoms with Gasteiger partial charge in [0.05, 0.1) is 12.2 Å². The van der Waals surface area contributed by atoms with Gasteiger partial charge in [-0.15, -0.1) is 0 Å². The van der Waals surface area contributed by atoms with E-state index in [0.29, 0.717) is 17.5 Å². The van der Waals surface area contributed by atoms with Crippen LogP contribution in [0.4, 0.5) is 10.6 Å². The first-order valence-corrected chi connectivity index (χ1v) is 7.33. The summed E-state index contributed by atoms with van der Waals surface area (Å²) >= 11 is 0. The van der Waals surface area contributed by atoms with Crippen molar-refractivity contribution >= 4 is 23.8 Å². The largest absolute Gasteiger partial charge is 0.459 e. The van der Waals surface area contributed by atoms with Gasteiger partial charge in [-0.3, -0.25) is 0 Å². The highest BCUT2D eigenvalue weighted by atomic mass is 16.5. The number of anilines is 1. The van der Waals surface area contributed by atoms with Crippen molar-refractivity contribution in [3.05, 3.63) is 11.3 Å². The monoisotopic (exact) mass is 326 g/mol. The predicted molar refractivity (Wildman–Crippen MR) is 82.0 cm³/mol. The zero-order chi connectivity index (χ0) is 17.7. The van der Waals surface area contributed by atoms with E-state index < -0.39 is 29.8 Å². The molecule has 0 radical (unpaired) electrons. The Labute approximate surface area is 133 Å².